The molecule has 1 aromatic carbocycles. The van der Waals surface area contributed by atoms with Crippen LogP contribution < -0.4 is 5.73 Å². The van der Waals surface area contributed by atoms with Crippen LogP contribution >= 0.6 is 11.8 Å². The van der Waals surface area contributed by atoms with Crippen LogP contribution in [0.2, 0.25) is 0 Å². The molecule has 1 aromatic rings. The van der Waals surface area contributed by atoms with Crippen LogP contribution in [0.25, 0.3) is 0 Å². The lowest BCUT2D eigenvalue weighted by molar-refractivity contribution is 0.129. The van der Waals surface area contributed by atoms with Crippen LogP contribution in [0.1, 0.15) is 31.4 Å². The molecule has 2 atom stereocenters. The number of benzene rings is 1. The first-order chi connectivity index (χ1) is 8.18. The van der Waals surface area contributed by atoms with Crippen molar-refractivity contribution in [3.05, 3.63) is 29.6 Å². The second kappa shape index (κ2) is 5.85. The fourth-order valence-electron chi connectivity index (χ4n) is 2.04. The first-order valence-corrected chi connectivity index (χ1v) is 6.95. The lowest BCUT2D eigenvalue weighted by Gasteiger charge is -2.15. The summed E-state index contributed by atoms with van der Waals surface area (Å²) in [5.74, 6) is 0.667. The SMILES string of the molecule is C[C@@H](N)c1c(F)cccc1SCC1CCCO1. The van der Waals surface area contributed by atoms with E-state index in [1.165, 1.54) is 6.07 Å². The van der Waals surface area contributed by atoms with Crippen molar-refractivity contribution in [3.63, 3.8) is 0 Å². The predicted molar refractivity (Wildman–Crippen MR) is 68.7 cm³/mol. The highest BCUT2D eigenvalue weighted by molar-refractivity contribution is 7.99. The van der Waals surface area contributed by atoms with Crippen molar-refractivity contribution in [1.29, 1.82) is 0 Å². The van der Waals surface area contributed by atoms with E-state index in [9.17, 15) is 4.39 Å². The Morgan fingerprint density at radius 3 is 3.06 bits per heavy atom. The molecule has 94 valence electrons. The van der Waals surface area contributed by atoms with Gasteiger partial charge in [-0.3, -0.25) is 0 Å². The first kappa shape index (κ1) is 12.9. The van der Waals surface area contributed by atoms with E-state index in [0.29, 0.717) is 11.7 Å². The number of ether oxygens (including phenoxy) is 1. The fourth-order valence-corrected chi connectivity index (χ4v) is 3.29. The number of hydrogen-bond donors (Lipinski definition) is 1. The number of rotatable bonds is 4. The maximum Gasteiger partial charge on any atom is 0.129 e. The van der Waals surface area contributed by atoms with E-state index in [0.717, 1.165) is 30.1 Å². The fraction of sp³-hybridized carbons (Fsp3) is 0.538. The molecule has 0 aromatic heterocycles. The first-order valence-electron chi connectivity index (χ1n) is 5.97. The normalized spacial score (nSPS) is 21.7. The van der Waals surface area contributed by atoms with E-state index in [4.69, 9.17) is 10.5 Å². The van der Waals surface area contributed by atoms with E-state index in [2.05, 4.69) is 0 Å². The molecule has 0 aliphatic carbocycles. The summed E-state index contributed by atoms with van der Waals surface area (Å²) < 4.78 is 19.2. The molecule has 0 spiro atoms. The third-order valence-electron chi connectivity index (χ3n) is 2.92. The Kier molecular flexibility index (Phi) is 4.42. The Morgan fingerprint density at radius 2 is 2.41 bits per heavy atom. The zero-order valence-electron chi connectivity index (χ0n) is 9.99. The molecule has 1 heterocycles. The summed E-state index contributed by atoms with van der Waals surface area (Å²) in [4.78, 5) is 0.940. The van der Waals surface area contributed by atoms with Crippen molar-refractivity contribution in [2.24, 2.45) is 5.73 Å². The van der Waals surface area contributed by atoms with E-state index >= 15 is 0 Å². The Morgan fingerprint density at radius 1 is 1.59 bits per heavy atom. The van der Waals surface area contributed by atoms with Crippen molar-refractivity contribution in [2.45, 2.75) is 36.8 Å². The molecule has 17 heavy (non-hydrogen) atoms. The summed E-state index contributed by atoms with van der Waals surface area (Å²) in [6.45, 7) is 2.67. The van der Waals surface area contributed by atoms with E-state index in [1.807, 2.05) is 13.0 Å². The Bertz CT molecular complexity index is 378. The van der Waals surface area contributed by atoms with Crippen LogP contribution in [0.5, 0.6) is 0 Å². The zero-order chi connectivity index (χ0) is 12.3. The molecule has 4 heteroatoms. The van der Waals surface area contributed by atoms with E-state index in [-0.39, 0.29) is 11.9 Å². The molecule has 1 unspecified atom stereocenters. The molecule has 1 saturated heterocycles. The Balaban J connectivity index is 2.06. The smallest absolute Gasteiger partial charge is 0.129 e. The largest absolute Gasteiger partial charge is 0.377 e. The molecular formula is C13H18FNOS. The van der Waals surface area contributed by atoms with Gasteiger partial charge in [-0.2, -0.15) is 0 Å². The maximum atomic E-state index is 13.7. The number of nitrogens with two attached hydrogens (primary N) is 1. The molecule has 0 radical (unpaired) electrons. The molecule has 2 rings (SSSR count). The molecule has 1 fully saturated rings. The van der Waals surface area contributed by atoms with Gasteiger partial charge in [0.2, 0.25) is 0 Å². The number of halogens is 1. The second-order valence-electron chi connectivity index (χ2n) is 4.39. The summed E-state index contributed by atoms with van der Waals surface area (Å²) in [6, 6.07) is 4.86. The highest BCUT2D eigenvalue weighted by Gasteiger charge is 2.18. The van der Waals surface area contributed by atoms with E-state index in [1.54, 1.807) is 17.8 Å². The Hall–Kier alpha value is -0.580. The molecule has 0 bridgehead atoms. The van der Waals surface area contributed by atoms with Gasteiger partial charge in [-0.05, 0) is 31.9 Å². The highest BCUT2D eigenvalue weighted by Crippen LogP contribution is 2.30. The van der Waals surface area contributed by atoms with Gasteiger partial charge >= 0.3 is 0 Å². The summed E-state index contributed by atoms with van der Waals surface area (Å²) in [5.41, 5.74) is 6.44. The molecule has 2 N–H and O–H groups in total. The minimum Gasteiger partial charge on any atom is -0.377 e. The average Bonchev–Trinajstić information content (AvgIpc) is 2.78. The number of hydrogen-bond acceptors (Lipinski definition) is 3. The van der Waals surface area contributed by atoms with Gasteiger partial charge in [0.15, 0.2) is 0 Å². The van der Waals surface area contributed by atoms with E-state index < -0.39 is 0 Å². The molecule has 1 aliphatic rings. The van der Waals surface area contributed by atoms with Crippen LogP contribution in [0, 0.1) is 5.82 Å². The predicted octanol–water partition coefficient (Wildman–Crippen LogP) is 3.12. The Labute approximate surface area is 106 Å². The topological polar surface area (TPSA) is 35.2 Å². The molecule has 0 amide bonds. The maximum absolute atomic E-state index is 13.7. The monoisotopic (exact) mass is 255 g/mol. The van der Waals surface area contributed by atoms with Crippen LogP contribution in [-0.4, -0.2) is 18.5 Å². The second-order valence-corrected chi connectivity index (χ2v) is 5.45. The zero-order valence-corrected chi connectivity index (χ0v) is 10.8. The minimum absolute atomic E-state index is 0.211. The quantitative estimate of drug-likeness (QED) is 0.840. The van der Waals surface area contributed by atoms with Crippen molar-refractivity contribution in [3.8, 4) is 0 Å². The van der Waals surface area contributed by atoms with Crippen molar-refractivity contribution < 1.29 is 9.13 Å². The summed E-state index contributed by atoms with van der Waals surface area (Å²) >= 11 is 1.64. The standard InChI is InChI=1S/C13H18FNOS/c1-9(15)13-11(14)5-2-6-12(13)17-8-10-4-3-7-16-10/h2,5-6,9-10H,3-4,7-8,15H2,1H3/t9-,10?/m1/s1. The van der Waals surface area contributed by atoms with Gasteiger partial charge in [-0.15, -0.1) is 11.8 Å². The van der Waals surface area contributed by atoms with Gasteiger partial charge < -0.3 is 10.5 Å². The van der Waals surface area contributed by atoms with Crippen LogP contribution in [-0.2, 0) is 4.74 Å². The molecule has 1 aliphatic heterocycles. The molecule has 2 nitrogen and oxygen atoms in total. The average molecular weight is 255 g/mol. The van der Waals surface area contributed by atoms with Crippen LogP contribution in [0.4, 0.5) is 4.39 Å². The minimum atomic E-state index is -0.275. The summed E-state index contributed by atoms with van der Waals surface area (Å²) in [5, 5.41) is 0. The third-order valence-corrected chi connectivity index (χ3v) is 4.12. The van der Waals surface area contributed by atoms with Gasteiger partial charge in [0.05, 0.1) is 6.10 Å². The van der Waals surface area contributed by atoms with Crippen LogP contribution in [0.3, 0.4) is 0 Å². The lowest BCUT2D eigenvalue weighted by Crippen LogP contribution is -2.11. The van der Waals surface area contributed by atoms with Gasteiger partial charge in [0.25, 0.3) is 0 Å². The van der Waals surface area contributed by atoms with Gasteiger partial charge in [0.1, 0.15) is 5.82 Å². The molecular weight excluding hydrogens is 237 g/mol. The summed E-state index contributed by atoms with van der Waals surface area (Å²) in [6.07, 6.45) is 2.55. The van der Waals surface area contributed by atoms with Crippen LogP contribution in [0.15, 0.2) is 23.1 Å². The van der Waals surface area contributed by atoms with Gasteiger partial charge in [-0.25, -0.2) is 4.39 Å². The van der Waals surface area contributed by atoms with Crippen molar-refractivity contribution >= 4 is 11.8 Å². The lowest BCUT2D eigenvalue weighted by atomic mass is 10.1. The summed E-state index contributed by atoms with van der Waals surface area (Å²) in [7, 11) is 0. The van der Waals surface area contributed by atoms with Crippen molar-refractivity contribution in [2.75, 3.05) is 12.4 Å². The highest BCUT2D eigenvalue weighted by atomic mass is 32.2. The number of thioether (sulfide) groups is 1. The van der Waals surface area contributed by atoms with Gasteiger partial charge in [0, 0.05) is 28.9 Å². The molecule has 0 saturated carbocycles. The van der Waals surface area contributed by atoms with Gasteiger partial charge in [-0.1, -0.05) is 6.07 Å². The third kappa shape index (κ3) is 3.21. The van der Waals surface area contributed by atoms with Crippen molar-refractivity contribution in [1.82, 2.24) is 0 Å².